The number of anilines is 1. The minimum absolute atomic E-state index is 0.173. The first-order chi connectivity index (χ1) is 7.13. The third-order valence-corrected chi connectivity index (χ3v) is 2.46. The Balaban J connectivity index is 2.86. The monoisotopic (exact) mass is 204 g/mol. The average molecular weight is 204 g/mol. The fourth-order valence-corrected chi connectivity index (χ4v) is 1.61. The highest BCUT2D eigenvalue weighted by Crippen LogP contribution is 2.20. The Hall–Kier alpha value is -1.97. The molecule has 1 heterocycles. The normalized spacial score (nSPS) is 10.5. The van der Waals surface area contributed by atoms with Crippen molar-refractivity contribution in [3.8, 4) is 5.75 Å². The van der Waals surface area contributed by atoms with Crippen LogP contribution in [0.2, 0.25) is 0 Å². The number of nitrogen functional groups attached to an aromatic ring is 1. The third kappa shape index (κ3) is 1.44. The van der Waals surface area contributed by atoms with Gasteiger partial charge in [0.25, 0.3) is 5.56 Å². The number of fused-ring (bicyclic) bond motifs is 1. The first kappa shape index (κ1) is 9.58. The van der Waals surface area contributed by atoms with Crippen LogP contribution < -0.4 is 16.0 Å². The van der Waals surface area contributed by atoms with Crippen LogP contribution in [0.25, 0.3) is 10.9 Å². The van der Waals surface area contributed by atoms with Crippen LogP contribution in [0.5, 0.6) is 5.75 Å². The van der Waals surface area contributed by atoms with Gasteiger partial charge in [-0.3, -0.25) is 4.79 Å². The summed E-state index contributed by atoms with van der Waals surface area (Å²) in [6, 6.07) is 7.18. The molecule has 0 saturated carbocycles. The second-order valence-corrected chi connectivity index (χ2v) is 3.39. The summed E-state index contributed by atoms with van der Waals surface area (Å²) >= 11 is 0. The van der Waals surface area contributed by atoms with Gasteiger partial charge in [0.05, 0.1) is 18.3 Å². The quantitative estimate of drug-likeness (QED) is 0.757. The van der Waals surface area contributed by atoms with Gasteiger partial charge in [0.1, 0.15) is 5.75 Å². The van der Waals surface area contributed by atoms with Crippen LogP contribution in [0, 0.1) is 0 Å². The summed E-state index contributed by atoms with van der Waals surface area (Å²) in [4.78, 5) is 11.5. The Kier molecular flexibility index (Phi) is 2.11. The molecule has 0 atom stereocenters. The Morgan fingerprint density at radius 2 is 2.07 bits per heavy atom. The van der Waals surface area contributed by atoms with E-state index in [0.29, 0.717) is 0 Å². The number of aromatic nitrogens is 1. The van der Waals surface area contributed by atoms with Crippen LogP contribution in [0.3, 0.4) is 0 Å². The lowest BCUT2D eigenvalue weighted by atomic mass is 10.2. The van der Waals surface area contributed by atoms with E-state index in [0.717, 1.165) is 16.7 Å². The molecular formula is C11H12N2O2. The largest absolute Gasteiger partial charge is 0.497 e. The number of hydrogen-bond donors (Lipinski definition) is 1. The molecule has 0 unspecified atom stereocenters. The summed E-state index contributed by atoms with van der Waals surface area (Å²) in [5, 5.41) is 0.897. The maximum atomic E-state index is 11.5. The molecule has 4 nitrogen and oxygen atoms in total. The number of hydrogen-bond acceptors (Lipinski definition) is 3. The van der Waals surface area contributed by atoms with E-state index < -0.39 is 0 Å². The lowest BCUT2D eigenvalue weighted by Crippen LogP contribution is -2.20. The highest BCUT2D eigenvalue weighted by atomic mass is 16.5. The van der Waals surface area contributed by atoms with Gasteiger partial charge in [-0.25, -0.2) is 0 Å². The molecule has 0 spiro atoms. The summed E-state index contributed by atoms with van der Waals surface area (Å²) in [5.41, 5.74) is 6.52. The maximum absolute atomic E-state index is 11.5. The predicted molar refractivity (Wildman–Crippen MR) is 60.2 cm³/mol. The van der Waals surface area contributed by atoms with Crippen molar-refractivity contribution in [2.75, 3.05) is 12.8 Å². The van der Waals surface area contributed by atoms with Crippen LogP contribution in [0.1, 0.15) is 0 Å². The lowest BCUT2D eigenvalue weighted by Gasteiger charge is -2.07. The Morgan fingerprint density at radius 3 is 2.73 bits per heavy atom. The molecule has 15 heavy (non-hydrogen) atoms. The first-order valence-electron chi connectivity index (χ1n) is 4.56. The molecule has 0 aliphatic carbocycles. The SMILES string of the molecule is COc1ccc2c(c1)cc(N)c(=O)n2C. The van der Waals surface area contributed by atoms with Crippen molar-refractivity contribution >= 4 is 16.6 Å². The van der Waals surface area contributed by atoms with Gasteiger partial charge in [0, 0.05) is 12.4 Å². The van der Waals surface area contributed by atoms with E-state index in [1.54, 1.807) is 20.2 Å². The Morgan fingerprint density at radius 1 is 1.33 bits per heavy atom. The zero-order valence-electron chi connectivity index (χ0n) is 8.65. The van der Waals surface area contributed by atoms with Crippen LogP contribution in [-0.4, -0.2) is 11.7 Å². The van der Waals surface area contributed by atoms with E-state index in [2.05, 4.69) is 0 Å². The zero-order chi connectivity index (χ0) is 11.0. The second-order valence-electron chi connectivity index (χ2n) is 3.39. The van der Waals surface area contributed by atoms with Crippen LogP contribution in [0.15, 0.2) is 29.1 Å². The molecule has 4 heteroatoms. The van der Waals surface area contributed by atoms with E-state index in [1.165, 1.54) is 4.57 Å². The van der Waals surface area contributed by atoms with Crippen LogP contribution in [-0.2, 0) is 7.05 Å². The number of methoxy groups -OCH3 is 1. The molecule has 2 rings (SSSR count). The Labute approximate surface area is 86.9 Å². The van der Waals surface area contributed by atoms with Gasteiger partial charge in [0.15, 0.2) is 0 Å². The molecule has 0 radical (unpaired) electrons. The van der Waals surface area contributed by atoms with Gasteiger partial charge >= 0.3 is 0 Å². The van der Waals surface area contributed by atoms with Crippen molar-refractivity contribution in [2.24, 2.45) is 7.05 Å². The fourth-order valence-electron chi connectivity index (χ4n) is 1.61. The van der Waals surface area contributed by atoms with E-state index in [-0.39, 0.29) is 11.2 Å². The second kappa shape index (κ2) is 3.31. The van der Waals surface area contributed by atoms with Gasteiger partial charge in [-0.15, -0.1) is 0 Å². The highest BCUT2D eigenvalue weighted by molar-refractivity contribution is 5.83. The standard InChI is InChI=1S/C11H12N2O2/c1-13-10-4-3-8(15-2)5-7(10)6-9(12)11(13)14/h3-6H,12H2,1-2H3. The molecule has 0 aliphatic heterocycles. The lowest BCUT2D eigenvalue weighted by molar-refractivity contribution is 0.415. The van der Waals surface area contributed by atoms with Crippen molar-refractivity contribution in [1.29, 1.82) is 0 Å². The molecule has 2 N–H and O–H groups in total. The van der Waals surface area contributed by atoms with Gasteiger partial charge in [-0.05, 0) is 24.3 Å². The molecule has 0 amide bonds. The Bertz CT molecular complexity index is 573. The molecule has 2 aromatic rings. The summed E-state index contributed by atoms with van der Waals surface area (Å²) in [7, 11) is 3.31. The smallest absolute Gasteiger partial charge is 0.273 e. The number of ether oxygens (including phenoxy) is 1. The van der Waals surface area contributed by atoms with Crippen molar-refractivity contribution in [3.63, 3.8) is 0 Å². The molecule has 0 aliphatic rings. The molecular weight excluding hydrogens is 192 g/mol. The van der Waals surface area contributed by atoms with Gasteiger partial charge < -0.3 is 15.0 Å². The summed E-state index contributed by atoms with van der Waals surface area (Å²) in [5.74, 6) is 0.751. The van der Waals surface area contributed by atoms with E-state index in [9.17, 15) is 4.79 Å². The fraction of sp³-hybridized carbons (Fsp3) is 0.182. The molecule has 78 valence electrons. The summed E-state index contributed by atoms with van der Waals surface area (Å²) in [6.45, 7) is 0. The van der Waals surface area contributed by atoms with Crippen molar-refractivity contribution < 1.29 is 4.74 Å². The summed E-state index contributed by atoms with van der Waals surface area (Å²) < 4.78 is 6.64. The predicted octanol–water partition coefficient (Wildman–Crippen LogP) is 1.13. The first-order valence-corrected chi connectivity index (χ1v) is 4.56. The van der Waals surface area contributed by atoms with Gasteiger partial charge in [0.2, 0.25) is 0 Å². The number of pyridine rings is 1. The van der Waals surface area contributed by atoms with Crippen molar-refractivity contribution in [2.45, 2.75) is 0 Å². The number of rotatable bonds is 1. The number of aryl methyl sites for hydroxylation is 1. The molecule has 0 saturated heterocycles. The minimum atomic E-state index is -0.173. The van der Waals surface area contributed by atoms with E-state index in [1.807, 2.05) is 18.2 Å². The molecule has 0 fully saturated rings. The molecule has 1 aromatic heterocycles. The highest BCUT2D eigenvalue weighted by Gasteiger charge is 2.04. The molecule has 1 aromatic carbocycles. The molecule has 0 bridgehead atoms. The van der Waals surface area contributed by atoms with Crippen molar-refractivity contribution in [1.82, 2.24) is 4.57 Å². The van der Waals surface area contributed by atoms with E-state index >= 15 is 0 Å². The number of nitrogens with zero attached hydrogens (tertiary/aromatic N) is 1. The maximum Gasteiger partial charge on any atom is 0.273 e. The van der Waals surface area contributed by atoms with E-state index in [4.69, 9.17) is 10.5 Å². The van der Waals surface area contributed by atoms with Gasteiger partial charge in [-0.2, -0.15) is 0 Å². The third-order valence-electron chi connectivity index (χ3n) is 2.46. The average Bonchev–Trinajstić information content (AvgIpc) is 2.25. The van der Waals surface area contributed by atoms with Crippen LogP contribution in [0.4, 0.5) is 5.69 Å². The van der Waals surface area contributed by atoms with Gasteiger partial charge in [-0.1, -0.05) is 0 Å². The number of nitrogens with two attached hydrogens (primary N) is 1. The topological polar surface area (TPSA) is 57.2 Å². The van der Waals surface area contributed by atoms with Crippen molar-refractivity contribution in [3.05, 3.63) is 34.6 Å². The summed E-state index contributed by atoms with van der Waals surface area (Å²) in [6.07, 6.45) is 0. The minimum Gasteiger partial charge on any atom is -0.497 e. The number of benzene rings is 1. The zero-order valence-corrected chi connectivity index (χ0v) is 8.65. The van der Waals surface area contributed by atoms with Crippen LogP contribution >= 0.6 is 0 Å².